The van der Waals surface area contributed by atoms with E-state index >= 15 is 0 Å². The van der Waals surface area contributed by atoms with Crippen molar-refractivity contribution in [1.29, 1.82) is 0 Å². The molecule has 0 spiro atoms. The number of hydrogen-bond acceptors (Lipinski definition) is 3. The molecule has 2 fully saturated rings. The third-order valence-corrected chi connectivity index (χ3v) is 4.97. The van der Waals surface area contributed by atoms with Gasteiger partial charge in [0.25, 0.3) is 5.91 Å². The van der Waals surface area contributed by atoms with Crippen LogP contribution < -0.4 is 0 Å². The number of amides is 2. The van der Waals surface area contributed by atoms with Gasteiger partial charge in [0.05, 0.1) is 5.56 Å². The van der Waals surface area contributed by atoms with Crippen molar-refractivity contribution in [3.63, 3.8) is 0 Å². The Kier molecular flexibility index (Phi) is 4.55. The van der Waals surface area contributed by atoms with Gasteiger partial charge in [0.2, 0.25) is 5.91 Å². The standard InChI is InChI=1S/C18H24N2O3/c1-13-6-7-16(21)15(12-13)18(23)20-10-8-19(9-11-20)17(22)14-4-2-3-5-14/h6-7,12,14,21H,2-5,8-11H2,1H3. The highest BCUT2D eigenvalue weighted by Crippen LogP contribution is 2.27. The molecule has 1 saturated carbocycles. The summed E-state index contributed by atoms with van der Waals surface area (Å²) < 4.78 is 0. The average molecular weight is 316 g/mol. The zero-order chi connectivity index (χ0) is 16.4. The number of phenolic OH excluding ortho intramolecular Hbond substituents is 1. The fourth-order valence-corrected chi connectivity index (χ4v) is 3.55. The third kappa shape index (κ3) is 3.33. The molecule has 23 heavy (non-hydrogen) atoms. The van der Waals surface area contributed by atoms with Crippen LogP contribution in [0.15, 0.2) is 18.2 Å². The van der Waals surface area contributed by atoms with Crippen molar-refractivity contribution in [2.75, 3.05) is 26.2 Å². The van der Waals surface area contributed by atoms with Gasteiger partial charge in [-0.3, -0.25) is 9.59 Å². The van der Waals surface area contributed by atoms with Gasteiger partial charge in [-0.1, -0.05) is 24.5 Å². The minimum Gasteiger partial charge on any atom is -0.507 e. The topological polar surface area (TPSA) is 60.9 Å². The molecular weight excluding hydrogens is 292 g/mol. The van der Waals surface area contributed by atoms with Crippen LogP contribution in [0.5, 0.6) is 5.75 Å². The Bertz CT molecular complexity index is 600. The monoisotopic (exact) mass is 316 g/mol. The normalized spacial score (nSPS) is 19.2. The first-order valence-corrected chi connectivity index (χ1v) is 8.44. The first kappa shape index (κ1) is 15.8. The zero-order valence-corrected chi connectivity index (χ0v) is 13.6. The highest BCUT2D eigenvalue weighted by Gasteiger charge is 2.31. The molecule has 0 atom stereocenters. The molecule has 0 aromatic heterocycles. The molecule has 5 nitrogen and oxygen atoms in total. The van der Waals surface area contributed by atoms with Crippen molar-refractivity contribution >= 4 is 11.8 Å². The summed E-state index contributed by atoms with van der Waals surface area (Å²) in [7, 11) is 0. The Morgan fingerprint density at radius 2 is 1.65 bits per heavy atom. The summed E-state index contributed by atoms with van der Waals surface area (Å²) in [6.07, 6.45) is 4.33. The number of hydrogen-bond donors (Lipinski definition) is 1. The lowest BCUT2D eigenvalue weighted by Gasteiger charge is -2.36. The van der Waals surface area contributed by atoms with Crippen LogP contribution in [0.4, 0.5) is 0 Å². The van der Waals surface area contributed by atoms with Crippen LogP contribution in [-0.2, 0) is 4.79 Å². The van der Waals surface area contributed by atoms with Crippen LogP contribution in [0.1, 0.15) is 41.6 Å². The number of nitrogens with zero attached hydrogens (tertiary/aromatic N) is 2. The molecular formula is C18H24N2O3. The summed E-state index contributed by atoms with van der Waals surface area (Å²) in [5.41, 5.74) is 1.29. The Balaban J connectivity index is 1.61. The maximum Gasteiger partial charge on any atom is 0.257 e. The molecule has 1 heterocycles. The molecule has 0 bridgehead atoms. The largest absolute Gasteiger partial charge is 0.507 e. The van der Waals surface area contributed by atoms with Crippen LogP contribution in [-0.4, -0.2) is 52.9 Å². The second-order valence-electron chi connectivity index (χ2n) is 6.62. The average Bonchev–Trinajstić information content (AvgIpc) is 3.10. The van der Waals surface area contributed by atoms with E-state index in [1.807, 2.05) is 11.8 Å². The Hall–Kier alpha value is -2.04. The van der Waals surface area contributed by atoms with Crippen molar-refractivity contribution in [3.8, 4) is 5.75 Å². The van der Waals surface area contributed by atoms with Crippen LogP contribution >= 0.6 is 0 Å². The molecule has 3 rings (SSSR count). The van der Waals surface area contributed by atoms with E-state index in [4.69, 9.17) is 0 Å². The maximum atomic E-state index is 12.6. The fourth-order valence-electron chi connectivity index (χ4n) is 3.55. The molecule has 2 aliphatic rings. The smallest absolute Gasteiger partial charge is 0.257 e. The fraction of sp³-hybridized carbons (Fsp3) is 0.556. The van der Waals surface area contributed by atoms with Gasteiger partial charge in [0.15, 0.2) is 0 Å². The van der Waals surface area contributed by atoms with E-state index in [0.717, 1.165) is 31.2 Å². The van der Waals surface area contributed by atoms with E-state index in [-0.39, 0.29) is 23.5 Å². The van der Waals surface area contributed by atoms with Crippen molar-refractivity contribution in [2.24, 2.45) is 5.92 Å². The number of benzene rings is 1. The lowest BCUT2D eigenvalue weighted by atomic mass is 10.1. The van der Waals surface area contributed by atoms with E-state index in [0.29, 0.717) is 31.7 Å². The highest BCUT2D eigenvalue weighted by atomic mass is 16.3. The summed E-state index contributed by atoms with van der Waals surface area (Å²) in [4.78, 5) is 28.6. The van der Waals surface area contributed by atoms with Crippen LogP contribution in [0, 0.1) is 12.8 Å². The van der Waals surface area contributed by atoms with Gasteiger partial charge in [-0.2, -0.15) is 0 Å². The summed E-state index contributed by atoms with van der Waals surface area (Å²) in [5, 5.41) is 9.91. The molecule has 1 aromatic carbocycles. The second kappa shape index (κ2) is 6.60. The molecule has 5 heteroatoms. The van der Waals surface area contributed by atoms with Crippen molar-refractivity contribution in [2.45, 2.75) is 32.6 Å². The number of carbonyl (C=O) groups is 2. The number of aryl methyl sites for hydroxylation is 1. The molecule has 1 aliphatic heterocycles. The first-order chi connectivity index (χ1) is 11.1. The number of piperazine rings is 1. The van der Waals surface area contributed by atoms with Gasteiger partial charge >= 0.3 is 0 Å². The second-order valence-corrected chi connectivity index (χ2v) is 6.62. The number of aromatic hydroxyl groups is 1. The Morgan fingerprint density at radius 1 is 1.04 bits per heavy atom. The summed E-state index contributed by atoms with van der Waals surface area (Å²) in [6.45, 7) is 4.14. The van der Waals surface area contributed by atoms with Crippen molar-refractivity contribution in [1.82, 2.24) is 9.80 Å². The van der Waals surface area contributed by atoms with E-state index in [9.17, 15) is 14.7 Å². The van der Waals surface area contributed by atoms with Gasteiger partial charge in [-0.05, 0) is 31.9 Å². The van der Waals surface area contributed by atoms with E-state index in [1.54, 1.807) is 23.1 Å². The predicted octanol–water partition coefficient (Wildman–Crippen LogP) is 2.18. The lowest BCUT2D eigenvalue weighted by molar-refractivity contribution is -0.136. The lowest BCUT2D eigenvalue weighted by Crippen LogP contribution is -2.51. The molecule has 0 unspecified atom stereocenters. The molecule has 2 amide bonds. The first-order valence-electron chi connectivity index (χ1n) is 8.44. The zero-order valence-electron chi connectivity index (χ0n) is 13.6. The van der Waals surface area contributed by atoms with Gasteiger partial charge < -0.3 is 14.9 Å². The van der Waals surface area contributed by atoms with Gasteiger partial charge in [0, 0.05) is 32.1 Å². The molecule has 1 aromatic rings. The molecule has 1 N–H and O–H groups in total. The number of phenols is 1. The summed E-state index contributed by atoms with van der Waals surface area (Å²) in [5.74, 6) is 0.315. The van der Waals surface area contributed by atoms with Crippen LogP contribution in [0.25, 0.3) is 0 Å². The number of rotatable bonds is 2. The molecule has 1 saturated heterocycles. The molecule has 1 aliphatic carbocycles. The van der Waals surface area contributed by atoms with Crippen molar-refractivity contribution < 1.29 is 14.7 Å². The van der Waals surface area contributed by atoms with Crippen LogP contribution in [0.2, 0.25) is 0 Å². The number of carbonyl (C=O) groups excluding carboxylic acids is 2. The molecule has 124 valence electrons. The summed E-state index contributed by atoms with van der Waals surface area (Å²) >= 11 is 0. The predicted molar refractivity (Wildman–Crippen MR) is 87.3 cm³/mol. The summed E-state index contributed by atoms with van der Waals surface area (Å²) in [6, 6.07) is 5.06. The minimum absolute atomic E-state index is 0.0186. The van der Waals surface area contributed by atoms with E-state index in [2.05, 4.69) is 0 Å². The third-order valence-electron chi connectivity index (χ3n) is 4.97. The minimum atomic E-state index is -0.154. The quantitative estimate of drug-likeness (QED) is 0.909. The van der Waals surface area contributed by atoms with Gasteiger partial charge in [-0.25, -0.2) is 0 Å². The van der Waals surface area contributed by atoms with Gasteiger partial charge in [0.1, 0.15) is 5.75 Å². The van der Waals surface area contributed by atoms with Crippen molar-refractivity contribution in [3.05, 3.63) is 29.3 Å². The SMILES string of the molecule is Cc1ccc(O)c(C(=O)N2CCN(C(=O)C3CCCC3)CC2)c1. The van der Waals surface area contributed by atoms with E-state index < -0.39 is 0 Å². The Morgan fingerprint density at radius 3 is 2.30 bits per heavy atom. The van der Waals surface area contributed by atoms with E-state index in [1.165, 1.54) is 0 Å². The van der Waals surface area contributed by atoms with Crippen LogP contribution in [0.3, 0.4) is 0 Å². The van der Waals surface area contributed by atoms with Gasteiger partial charge in [-0.15, -0.1) is 0 Å². The Labute approximate surface area is 136 Å². The molecule has 0 radical (unpaired) electrons. The maximum absolute atomic E-state index is 12.6. The highest BCUT2D eigenvalue weighted by molar-refractivity contribution is 5.97.